The fourth-order valence-corrected chi connectivity index (χ4v) is 4.32. The van der Waals surface area contributed by atoms with Crippen molar-refractivity contribution in [2.75, 3.05) is 0 Å². The summed E-state index contributed by atoms with van der Waals surface area (Å²) < 4.78 is 49.1. The van der Waals surface area contributed by atoms with E-state index < -0.39 is 29.7 Å². The van der Waals surface area contributed by atoms with Gasteiger partial charge in [0.2, 0.25) is 5.91 Å². The van der Waals surface area contributed by atoms with Gasteiger partial charge < -0.3 is 9.73 Å². The predicted molar refractivity (Wildman–Crippen MR) is 122 cm³/mol. The van der Waals surface area contributed by atoms with Crippen LogP contribution >= 0.6 is 15.9 Å². The molecule has 9 heteroatoms. The summed E-state index contributed by atoms with van der Waals surface area (Å²) in [5.41, 5.74) is -0.0902. The molecule has 1 saturated carbocycles. The standard InChI is InChI=1S/C24H23BrF3N3O2/c1-13(2)9-18(22(32)31-23(12-29)7-8-23)30-21(24(26,27)28)14-3-5-16-17-11-15(25)4-6-19(17)33-20(16)10-14/h3-6,10-11,13,18,21,30H,7-9H2,1-2H3,(H,31,32)/t18?,21-/m0/s1. The van der Waals surface area contributed by atoms with E-state index in [0.29, 0.717) is 29.4 Å². The van der Waals surface area contributed by atoms with Crippen molar-refractivity contribution in [1.29, 1.82) is 5.26 Å². The lowest BCUT2D eigenvalue weighted by Gasteiger charge is -2.29. The molecular weight excluding hydrogens is 499 g/mol. The van der Waals surface area contributed by atoms with Crippen LogP contribution in [0.2, 0.25) is 0 Å². The summed E-state index contributed by atoms with van der Waals surface area (Å²) >= 11 is 3.40. The van der Waals surface area contributed by atoms with Crippen molar-refractivity contribution in [2.45, 2.75) is 56.9 Å². The summed E-state index contributed by atoms with van der Waals surface area (Å²) in [5, 5.41) is 15.9. The largest absolute Gasteiger partial charge is 0.456 e. The fraction of sp³-hybridized carbons (Fsp3) is 0.417. The maximum Gasteiger partial charge on any atom is 0.407 e. The van der Waals surface area contributed by atoms with E-state index in [4.69, 9.17) is 4.42 Å². The Kier molecular flexibility index (Phi) is 6.18. The van der Waals surface area contributed by atoms with Gasteiger partial charge in [-0.05, 0) is 55.0 Å². The highest BCUT2D eigenvalue weighted by molar-refractivity contribution is 9.10. The molecule has 1 heterocycles. The van der Waals surface area contributed by atoms with E-state index in [1.165, 1.54) is 12.1 Å². The maximum absolute atomic E-state index is 14.2. The van der Waals surface area contributed by atoms with Crippen LogP contribution in [0.5, 0.6) is 0 Å². The van der Waals surface area contributed by atoms with Crippen LogP contribution in [0.15, 0.2) is 45.3 Å². The topological polar surface area (TPSA) is 78.1 Å². The minimum atomic E-state index is -4.65. The van der Waals surface area contributed by atoms with E-state index in [1.54, 1.807) is 18.2 Å². The number of nitriles is 1. The number of carbonyl (C=O) groups excluding carboxylic acids is 1. The van der Waals surface area contributed by atoms with E-state index in [9.17, 15) is 23.2 Å². The van der Waals surface area contributed by atoms with Crippen molar-refractivity contribution in [2.24, 2.45) is 5.92 Å². The van der Waals surface area contributed by atoms with E-state index in [1.807, 2.05) is 26.0 Å². The number of hydrogen-bond acceptors (Lipinski definition) is 4. The van der Waals surface area contributed by atoms with Crippen LogP contribution in [-0.2, 0) is 4.79 Å². The van der Waals surface area contributed by atoms with Crippen molar-refractivity contribution >= 4 is 43.8 Å². The molecule has 1 fully saturated rings. The van der Waals surface area contributed by atoms with Crippen LogP contribution in [-0.4, -0.2) is 23.7 Å². The number of carbonyl (C=O) groups is 1. The van der Waals surface area contributed by atoms with Gasteiger partial charge in [-0.25, -0.2) is 0 Å². The third kappa shape index (κ3) is 5.02. The number of nitrogens with one attached hydrogen (secondary N) is 2. The van der Waals surface area contributed by atoms with Crippen LogP contribution in [0.1, 0.15) is 44.7 Å². The molecule has 2 atom stereocenters. The normalized spacial score (nSPS) is 17.2. The molecule has 2 aromatic carbocycles. The lowest BCUT2D eigenvalue weighted by atomic mass is 9.98. The van der Waals surface area contributed by atoms with E-state index >= 15 is 0 Å². The average Bonchev–Trinajstić information content (AvgIpc) is 3.42. The van der Waals surface area contributed by atoms with Crippen molar-refractivity contribution in [3.8, 4) is 6.07 Å². The number of amides is 1. The van der Waals surface area contributed by atoms with Gasteiger partial charge in [0.15, 0.2) is 0 Å². The predicted octanol–water partition coefficient (Wildman–Crippen LogP) is 6.13. The minimum absolute atomic E-state index is 0.0318. The van der Waals surface area contributed by atoms with Gasteiger partial charge in [-0.3, -0.25) is 10.1 Å². The Hall–Kier alpha value is -2.57. The quantitative estimate of drug-likeness (QED) is 0.392. The van der Waals surface area contributed by atoms with Gasteiger partial charge in [-0.2, -0.15) is 18.4 Å². The monoisotopic (exact) mass is 521 g/mol. The first-order chi connectivity index (χ1) is 15.5. The van der Waals surface area contributed by atoms with Crippen molar-refractivity contribution in [3.05, 3.63) is 46.4 Å². The summed E-state index contributed by atoms with van der Waals surface area (Å²) in [6.07, 6.45) is -3.44. The molecule has 0 aliphatic heterocycles. The molecular formula is C24H23BrF3N3O2. The number of fused-ring (bicyclic) bond motifs is 3. The number of rotatable bonds is 7. The average molecular weight is 522 g/mol. The van der Waals surface area contributed by atoms with Crippen LogP contribution in [0.25, 0.3) is 21.9 Å². The number of halogens is 4. The Morgan fingerprint density at radius 1 is 1.18 bits per heavy atom. The second-order valence-corrected chi connectivity index (χ2v) is 9.92. The first-order valence-corrected chi connectivity index (χ1v) is 11.5. The first-order valence-electron chi connectivity index (χ1n) is 10.7. The summed E-state index contributed by atoms with van der Waals surface area (Å²) in [6, 6.07) is 8.66. The van der Waals surface area contributed by atoms with Crippen LogP contribution < -0.4 is 10.6 Å². The van der Waals surface area contributed by atoms with Crippen molar-refractivity contribution < 1.29 is 22.4 Å². The molecule has 33 heavy (non-hydrogen) atoms. The Bertz CT molecular complexity index is 1240. The molecule has 2 N–H and O–H groups in total. The zero-order valence-electron chi connectivity index (χ0n) is 18.1. The Balaban J connectivity index is 1.68. The van der Waals surface area contributed by atoms with Crippen molar-refractivity contribution in [1.82, 2.24) is 10.6 Å². The third-order valence-corrected chi connectivity index (χ3v) is 6.33. The Morgan fingerprint density at radius 3 is 2.52 bits per heavy atom. The minimum Gasteiger partial charge on any atom is -0.456 e. The second-order valence-electron chi connectivity index (χ2n) is 9.00. The molecule has 4 rings (SSSR count). The molecule has 5 nitrogen and oxygen atoms in total. The molecule has 0 spiro atoms. The fourth-order valence-electron chi connectivity index (χ4n) is 3.96. The molecule has 1 aliphatic rings. The van der Waals surface area contributed by atoms with E-state index in [2.05, 4.69) is 26.6 Å². The highest BCUT2D eigenvalue weighted by Crippen LogP contribution is 2.38. The number of hydrogen-bond donors (Lipinski definition) is 2. The highest BCUT2D eigenvalue weighted by Gasteiger charge is 2.47. The van der Waals surface area contributed by atoms with Gasteiger partial charge in [-0.1, -0.05) is 41.9 Å². The van der Waals surface area contributed by atoms with E-state index in [-0.39, 0.29) is 17.9 Å². The molecule has 0 bridgehead atoms. The number of furan rings is 1. The van der Waals surface area contributed by atoms with Crippen molar-refractivity contribution in [3.63, 3.8) is 0 Å². The summed E-state index contributed by atoms with van der Waals surface area (Å²) in [4.78, 5) is 12.8. The van der Waals surface area contributed by atoms with Gasteiger partial charge in [0.1, 0.15) is 22.7 Å². The Labute approximate surface area is 197 Å². The molecule has 1 aromatic heterocycles. The molecule has 1 amide bonds. The van der Waals surface area contributed by atoms with Crippen LogP contribution in [0.4, 0.5) is 13.2 Å². The zero-order chi connectivity index (χ0) is 24.0. The molecule has 1 aliphatic carbocycles. The first kappa shape index (κ1) is 23.6. The van der Waals surface area contributed by atoms with Crippen LogP contribution in [0, 0.1) is 17.2 Å². The number of nitrogens with zero attached hydrogens (tertiary/aromatic N) is 1. The van der Waals surface area contributed by atoms with Gasteiger partial charge >= 0.3 is 6.18 Å². The maximum atomic E-state index is 14.2. The zero-order valence-corrected chi connectivity index (χ0v) is 19.7. The van der Waals surface area contributed by atoms with Gasteiger partial charge in [0, 0.05) is 15.2 Å². The summed E-state index contributed by atoms with van der Waals surface area (Å²) in [5.74, 6) is -0.623. The molecule has 0 saturated heterocycles. The molecule has 3 aromatic rings. The second kappa shape index (κ2) is 8.65. The van der Waals surface area contributed by atoms with Gasteiger partial charge in [-0.15, -0.1) is 0 Å². The number of alkyl halides is 3. The lowest BCUT2D eigenvalue weighted by Crippen LogP contribution is -2.52. The summed E-state index contributed by atoms with van der Waals surface area (Å²) in [7, 11) is 0. The SMILES string of the molecule is CC(C)CC(N[C@@H](c1ccc2c(c1)oc1ccc(Br)cc12)C(F)(F)F)C(=O)NC1(C#N)CC1. The Morgan fingerprint density at radius 2 is 1.91 bits per heavy atom. The third-order valence-electron chi connectivity index (χ3n) is 5.84. The molecule has 1 unspecified atom stereocenters. The van der Waals surface area contributed by atoms with Gasteiger partial charge in [0.25, 0.3) is 0 Å². The summed E-state index contributed by atoms with van der Waals surface area (Å²) in [6.45, 7) is 3.67. The molecule has 0 radical (unpaired) electrons. The number of benzene rings is 2. The smallest absolute Gasteiger partial charge is 0.407 e. The van der Waals surface area contributed by atoms with Gasteiger partial charge in [0.05, 0.1) is 12.1 Å². The van der Waals surface area contributed by atoms with E-state index in [0.717, 1.165) is 9.86 Å². The lowest BCUT2D eigenvalue weighted by molar-refractivity contribution is -0.161. The van der Waals surface area contributed by atoms with Crippen LogP contribution in [0.3, 0.4) is 0 Å². The molecule has 174 valence electrons. The highest BCUT2D eigenvalue weighted by atomic mass is 79.9.